The van der Waals surface area contributed by atoms with Gasteiger partial charge in [-0.3, -0.25) is 4.79 Å². The van der Waals surface area contributed by atoms with E-state index in [-0.39, 0.29) is 12.0 Å². The van der Waals surface area contributed by atoms with Crippen LogP contribution in [0.15, 0.2) is 17.5 Å². The second-order valence-electron chi connectivity index (χ2n) is 4.27. The van der Waals surface area contributed by atoms with Crippen LogP contribution in [0.3, 0.4) is 0 Å². The lowest BCUT2D eigenvalue weighted by molar-refractivity contribution is 0.0861. The standard InChI is InChI=1S/C12H13N3O2S2/c16-12(13-7-8-3-1-5-17-8)11-10(14-15-19-11)9-4-2-6-18-9/h2,4,6,8H,1,3,5,7H2,(H,13,16). The lowest BCUT2D eigenvalue weighted by atomic mass is 10.2. The highest BCUT2D eigenvalue weighted by molar-refractivity contribution is 7.14. The van der Waals surface area contributed by atoms with Crippen LogP contribution >= 0.6 is 22.9 Å². The number of thiophene rings is 1. The number of hydrogen-bond donors (Lipinski definition) is 1. The third kappa shape index (κ3) is 2.83. The first-order valence-corrected chi connectivity index (χ1v) is 7.76. The number of carbonyl (C=O) groups is 1. The van der Waals surface area contributed by atoms with E-state index < -0.39 is 0 Å². The van der Waals surface area contributed by atoms with Crippen LogP contribution in [0.5, 0.6) is 0 Å². The van der Waals surface area contributed by atoms with Crippen molar-refractivity contribution in [3.05, 3.63) is 22.4 Å². The Balaban J connectivity index is 1.68. The van der Waals surface area contributed by atoms with Crippen molar-refractivity contribution in [1.29, 1.82) is 0 Å². The molecular weight excluding hydrogens is 282 g/mol. The van der Waals surface area contributed by atoms with Gasteiger partial charge in [0.2, 0.25) is 0 Å². The molecule has 0 aliphatic carbocycles. The van der Waals surface area contributed by atoms with E-state index in [0.717, 1.165) is 35.9 Å². The van der Waals surface area contributed by atoms with Crippen molar-refractivity contribution in [1.82, 2.24) is 14.9 Å². The maximum Gasteiger partial charge on any atom is 0.265 e. The van der Waals surface area contributed by atoms with Gasteiger partial charge < -0.3 is 10.1 Å². The number of rotatable bonds is 4. The molecule has 1 fully saturated rings. The highest BCUT2D eigenvalue weighted by Gasteiger charge is 2.21. The monoisotopic (exact) mass is 295 g/mol. The number of carbonyl (C=O) groups excluding carboxylic acids is 1. The first kappa shape index (κ1) is 12.7. The molecule has 1 aliphatic rings. The molecule has 0 saturated carbocycles. The summed E-state index contributed by atoms with van der Waals surface area (Å²) in [6, 6.07) is 3.88. The van der Waals surface area contributed by atoms with Gasteiger partial charge in [0.05, 0.1) is 11.0 Å². The number of ether oxygens (including phenoxy) is 1. The van der Waals surface area contributed by atoms with E-state index in [4.69, 9.17) is 4.74 Å². The predicted molar refractivity (Wildman–Crippen MR) is 74.5 cm³/mol. The second kappa shape index (κ2) is 5.77. The molecule has 7 heteroatoms. The van der Waals surface area contributed by atoms with Crippen molar-refractivity contribution in [2.24, 2.45) is 0 Å². The molecule has 2 aromatic rings. The zero-order chi connectivity index (χ0) is 13.1. The van der Waals surface area contributed by atoms with Crippen molar-refractivity contribution >= 4 is 28.8 Å². The average molecular weight is 295 g/mol. The molecule has 1 N–H and O–H groups in total. The lowest BCUT2D eigenvalue weighted by Gasteiger charge is -2.09. The van der Waals surface area contributed by atoms with E-state index in [1.807, 2.05) is 17.5 Å². The topological polar surface area (TPSA) is 64.1 Å². The Morgan fingerprint density at radius 2 is 2.53 bits per heavy atom. The minimum atomic E-state index is -0.117. The normalized spacial score (nSPS) is 18.6. The number of amides is 1. The summed E-state index contributed by atoms with van der Waals surface area (Å²) in [6.45, 7) is 1.35. The van der Waals surface area contributed by atoms with Crippen LogP contribution < -0.4 is 5.32 Å². The molecule has 1 atom stereocenters. The van der Waals surface area contributed by atoms with Crippen LogP contribution in [0.25, 0.3) is 10.6 Å². The first-order chi connectivity index (χ1) is 9.34. The Morgan fingerprint density at radius 1 is 1.58 bits per heavy atom. The molecule has 100 valence electrons. The predicted octanol–water partition coefficient (Wildman–Crippen LogP) is 2.18. The Morgan fingerprint density at radius 3 is 3.26 bits per heavy atom. The zero-order valence-corrected chi connectivity index (χ0v) is 11.8. The van der Waals surface area contributed by atoms with Gasteiger partial charge in [0.15, 0.2) is 0 Å². The molecule has 1 saturated heterocycles. The molecule has 0 radical (unpaired) electrons. The molecular formula is C12H13N3O2S2. The fourth-order valence-electron chi connectivity index (χ4n) is 2.01. The number of hydrogen-bond acceptors (Lipinski definition) is 6. The highest BCUT2D eigenvalue weighted by atomic mass is 32.1. The molecule has 0 aromatic carbocycles. The van der Waals surface area contributed by atoms with Gasteiger partial charge in [-0.15, -0.1) is 16.4 Å². The molecule has 2 aromatic heterocycles. The Labute approximate surface area is 118 Å². The summed E-state index contributed by atoms with van der Waals surface area (Å²) in [7, 11) is 0. The molecule has 3 heterocycles. The third-order valence-corrected chi connectivity index (χ3v) is 4.56. The fourth-order valence-corrected chi connectivity index (χ4v) is 3.38. The van der Waals surface area contributed by atoms with Crippen molar-refractivity contribution in [3.63, 3.8) is 0 Å². The largest absolute Gasteiger partial charge is 0.376 e. The van der Waals surface area contributed by atoms with Crippen molar-refractivity contribution in [2.75, 3.05) is 13.2 Å². The smallest absolute Gasteiger partial charge is 0.265 e. The summed E-state index contributed by atoms with van der Waals surface area (Å²) in [4.78, 5) is 13.7. The van der Waals surface area contributed by atoms with E-state index >= 15 is 0 Å². The SMILES string of the molecule is O=C(NCC1CCCO1)c1snnc1-c1cccs1. The van der Waals surface area contributed by atoms with Gasteiger partial charge in [0.25, 0.3) is 5.91 Å². The van der Waals surface area contributed by atoms with Crippen molar-refractivity contribution in [2.45, 2.75) is 18.9 Å². The third-order valence-electron chi connectivity index (χ3n) is 2.96. The van der Waals surface area contributed by atoms with E-state index in [0.29, 0.717) is 17.1 Å². The fraction of sp³-hybridized carbons (Fsp3) is 0.417. The van der Waals surface area contributed by atoms with Gasteiger partial charge >= 0.3 is 0 Å². The van der Waals surface area contributed by atoms with E-state index in [2.05, 4.69) is 14.9 Å². The molecule has 3 rings (SSSR count). The quantitative estimate of drug-likeness (QED) is 0.939. The summed E-state index contributed by atoms with van der Waals surface area (Å²) in [6.07, 6.45) is 2.23. The van der Waals surface area contributed by atoms with Crippen LogP contribution in [-0.4, -0.2) is 34.7 Å². The minimum Gasteiger partial charge on any atom is -0.376 e. The molecule has 0 spiro atoms. The van der Waals surface area contributed by atoms with Gasteiger partial charge in [-0.25, -0.2) is 0 Å². The van der Waals surface area contributed by atoms with Crippen LogP contribution in [0.2, 0.25) is 0 Å². The highest BCUT2D eigenvalue weighted by Crippen LogP contribution is 2.27. The Hall–Kier alpha value is -1.31. The van der Waals surface area contributed by atoms with Gasteiger partial charge in [0.1, 0.15) is 10.6 Å². The number of aromatic nitrogens is 2. The summed E-state index contributed by atoms with van der Waals surface area (Å²) in [5.74, 6) is -0.117. The summed E-state index contributed by atoms with van der Waals surface area (Å²) >= 11 is 2.69. The number of nitrogens with zero attached hydrogens (tertiary/aromatic N) is 2. The van der Waals surface area contributed by atoms with Gasteiger partial charge in [-0.2, -0.15) is 0 Å². The lowest BCUT2D eigenvalue weighted by Crippen LogP contribution is -2.31. The summed E-state index contributed by atoms with van der Waals surface area (Å²) in [5.41, 5.74) is 0.671. The van der Waals surface area contributed by atoms with Crippen LogP contribution in [0.4, 0.5) is 0 Å². The van der Waals surface area contributed by atoms with Crippen LogP contribution in [-0.2, 0) is 4.74 Å². The van der Waals surface area contributed by atoms with Crippen LogP contribution in [0, 0.1) is 0 Å². The van der Waals surface area contributed by atoms with E-state index in [1.54, 1.807) is 11.3 Å². The van der Waals surface area contributed by atoms with Crippen molar-refractivity contribution in [3.8, 4) is 10.6 Å². The van der Waals surface area contributed by atoms with E-state index in [1.165, 1.54) is 0 Å². The minimum absolute atomic E-state index is 0.117. The Kier molecular flexibility index (Phi) is 3.86. The molecule has 1 unspecified atom stereocenters. The summed E-state index contributed by atoms with van der Waals surface area (Å²) in [5, 5.41) is 8.91. The summed E-state index contributed by atoms with van der Waals surface area (Å²) < 4.78 is 9.37. The second-order valence-corrected chi connectivity index (χ2v) is 5.97. The average Bonchev–Trinajstić information content (AvgIpc) is 3.14. The molecule has 1 amide bonds. The van der Waals surface area contributed by atoms with Crippen LogP contribution in [0.1, 0.15) is 22.5 Å². The zero-order valence-electron chi connectivity index (χ0n) is 10.2. The van der Waals surface area contributed by atoms with E-state index in [9.17, 15) is 4.79 Å². The maximum atomic E-state index is 12.1. The van der Waals surface area contributed by atoms with Gasteiger partial charge in [-0.1, -0.05) is 10.6 Å². The molecule has 0 bridgehead atoms. The maximum absolute atomic E-state index is 12.1. The van der Waals surface area contributed by atoms with Gasteiger partial charge in [0, 0.05) is 13.2 Å². The molecule has 5 nitrogen and oxygen atoms in total. The van der Waals surface area contributed by atoms with Gasteiger partial charge in [-0.05, 0) is 35.8 Å². The molecule has 1 aliphatic heterocycles. The Bertz CT molecular complexity index is 547. The van der Waals surface area contributed by atoms with Crippen molar-refractivity contribution < 1.29 is 9.53 Å². The molecule has 19 heavy (non-hydrogen) atoms. The first-order valence-electron chi connectivity index (χ1n) is 6.10. The number of nitrogens with one attached hydrogen (secondary N) is 1.